The minimum atomic E-state index is -0.997. The van der Waals surface area contributed by atoms with Gasteiger partial charge in [0, 0.05) is 33.7 Å². The highest BCUT2D eigenvalue weighted by Crippen LogP contribution is 2.33. The Bertz CT molecular complexity index is 1500. The third-order valence-corrected chi connectivity index (χ3v) is 6.89. The summed E-state index contributed by atoms with van der Waals surface area (Å²) >= 11 is 7.53. The molecular weight excluding hydrogens is 454 g/mol. The van der Waals surface area contributed by atoms with E-state index in [1.165, 1.54) is 0 Å². The number of nitrogens with zero attached hydrogens (tertiary/aromatic N) is 2. The zero-order chi connectivity index (χ0) is 22.9. The highest BCUT2D eigenvalue weighted by Gasteiger charge is 2.18. The zero-order valence-electron chi connectivity index (χ0n) is 17.7. The molecule has 0 radical (unpaired) electrons. The molecule has 0 atom stereocenters. The Hall–Kier alpha value is -3.48. The third-order valence-electron chi connectivity index (χ3n) is 5.63. The van der Waals surface area contributed by atoms with Crippen LogP contribution >= 0.6 is 23.4 Å². The van der Waals surface area contributed by atoms with Crippen LogP contribution in [0.5, 0.6) is 0 Å². The Morgan fingerprint density at radius 1 is 1.09 bits per heavy atom. The monoisotopic (exact) mass is 473 g/mol. The molecule has 5 rings (SSSR count). The van der Waals surface area contributed by atoms with Crippen LogP contribution in [-0.2, 0) is 11.3 Å². The van der Waals surface area contributed by atoms with Gasteiger partial charge in [-0.3, -0.25) is 0 Å². The van der Waals surface area contributed by atoms with Crippen LogP contribution < -0.4 is 0 Å². The van der Waals surface area contributed by atoms with E-state index >= 15 is 0 Å². The van der Waals surface area contributed by atoms with Gasteiger partial charge in [-0.1, -0.05) is 60.1 Å². The van der Waals surface area contributed by atoms with E-state index in [0.29, 0.717) is 16.7 Å². The Balaban J connectivity index is 1.59. The molecule has 33 heavy (non-hydrogen) atoms. The summed E-state index contributed by atoms with van der Waals surface area (Å²) in [6.45, 7) is 2.60. The van der Waals surface area contributed by atoms with Crippen LogP contribution in [0.15, 0.2) is 82.9 Å². The molecule has 0 bridgehead atoms. The molecule has 5 aromatic rings. The number of nitrogens with one attached hydrogen (secondary N) is 1. The van der Waals surface area contributed by atoms with E-state index in [1.807, 2.05) is 79.7 Å². The molecule has 0 saturated carbocycles. The molecule has 5 nitrogen and oxygen atoms in total. The summed E-state index contributed by atoms with van der Waals surface area (Å²) in [6, 6.07) is 23.4. The number of imidazole rings is 1. The van der Waals surface area contributed by atoms with Gasteiger partial charge < -0.3 is 14.7 Å². The minimum absolute atomic E-state index is 0.192. The number of H-pyrrole nitrogens is 1. The Kier molecular flexibility index (Phi) is 5.70. The predicted octanol–water partition coefficient (Wildman–Crippen LogP) is 6.75. The largest absolute Gasteiger partial charge is 0.477 e. The normalized spacial score (nSPS) is 12.0. The molecular formula is C26H20ClN3O2S. The smallest absolute Gasteiger partial charge is 0.342 e. The van der Waals surface area contributed by atoms with Gasteiger partial charge in [0.15, 0.2) is 5.16 Å². The lowest BCUT2D eigenvalue weighted by atomic mass is 10.1. The standard InChI is InChI=1S/C26H20ClN3O2S/c1-16-19(14-24(25(31)32)33-26-28-21-11-5-6-12-22(21)29-26)18-9-3-7-13-23(18)30(16)15-17-8-2-4-10-20(17)27/h2-14H,15H2,1H3,(H,28,29)(H,31,32)/b24-14-. The van der Waals surface area contributed by atoms with Gasteiger partial charge in [0.1, 0.15) is 4.91 Å². The van der Waals surface area contributed by atoms with Crippen molar-refractivity contribution < 1.29 is 9.90 Å². The fourth-order valence-electron chi connectivity index (χ4n) is 3.99. The van der Waals surface area contributed by atoms with Crippen molar-refractivity contribution in [2.75, 3.05) is 0 Å². The van der Waals surface area contributed by atoms with Crippen molar-refractivity contribution >= 4 is 57.3 Å². The van der Waals surface area contributed by atoms with Crippen molar-refractivity contribution in [2.24, 2.45) is 0 Å². The predicted molar refractivity (Wildman–Crippen MR) is 135 cm³/mol. The SMILES string of the molecule is Cc1c(/C=C(\Sc2nc3ccccc3[nH]2)C(=O)O)c2ccccc2n1Cc1ccccc1Cl. The second kappa shape index (κ2) is 8.81. The maximum absolute atomic E-state index is 12.2. The quantitative estimate of drug-likeness (QED) is 0.211. The minimum Gasteiger partial charge on any atom is -0.477 e. The van der Waals surface area contributed by atoms with E-state index in [-0.39, 0.29) is 4.91 Å². The number of carboxylic acids is 1. The first-order chi connectivity index (χ1) is 16.0. The molecule has 2 aromatic heterocycles. The van der Waals surface area contributed by atoms with Crippen LogP contribution in [0.25, 0.3) is 28.0 Å². The van der Waals surface area contributed by atoms with E-state index in [2.05, 4.69) is 14.5 Å². The number of para-hydroxylation sites is 3. The molecule has 0 spiro atoms. The highest BCUT2D eigenvalue weighted by molar-refractivity contribution is 8.04. The van der Waals surface area contributed by atoms with Crippen LogP contribution in [0, 0.1) is 6.92 Å². The average Bonchev–Trinajstić information content (AvgIpc) is 3.34. The number of rotatable bonds is 6. The van der Waals surface area contributed by atoms with E-state index in [4.69, 9.17) is 11.6 Å². The molecule has 164 valence electrons. The number of aromatic nitrogens is 3. The highest BCUT2D eigenvalue weighted by atomic mass is 35.5. The molecule has 0 aliphatic rings. The number of benzene rings is 3. The lowest BCUT2D eigenvalue weighted by Crippen LogP contribution is -2.03. The van der Waals surface area contributed by atoms with Crippen LogP contribution in [0.1, 0.15) is 16.8 Å². The van der Waals surface area contributed by atoms with Crippen LogP contribution in [0.3, 0.4) is 0 Å². The first kappa shape index (κ1) is 21.4. The Morgan fingerprint density at radius 3 is 2.61 bits per heavy atom. The molecule has 0 aliphatic heterocycles. The average molecular weight is 474 g/mol. The maximum Gasteiger partial charge on any atom is 0.342 e. The number of thioether (sulfide) groups is 1. The van der Waals surface area contributed by atoms with Gasteiger partial charge in [0.25, 0.3) is 0 Å². The summed E-state index contributed by atoms with van der Waals surface area (Å²) in [6.07, 6.45) is 1.74. The summed E-state index contributed by atoms with van der Waals surface area (Å²) < 4.78 is 2.17. The number of hydrogen-bond donors (Lipinski definition) is 2. The van der Waals surface area contributed by atoms with E-state index < -0.39 is 5.97 Å². The van der Waals surface area contributed by atoms with Crippen LogP contribution in [0.4, 0.5) is 0 Å². The van der Waals surface area contributed by atoms with Crippen molar-refractivity contribution in [1.29, 1.82) is 0 Å². The van der Waals surface area contributed by atoms with E-state index in [0.717, 1.165) is 50.5 Å². The lowest BCUT2D eigenvalue weighted by Gasteiger charge is -2.10. The first-order valence-electron chi connectivity index (χ1n) is 10.4. The number of carboxylic acid groups (broad SMARTS) is 1. The van der Waals surface area contributed by atoms with Crippen molar-refractivity contribution in [3.63, 3.8) is 0 Å². The molecule has 0 aliphatic carbocycles. The second-order valence-corrected chi connectivity index (χ2v) is 9.11. The van der Waals surface area contributed by atoms with Crippen LogP contribution in [-0.4, -0.2) is 25.6 Å². The molecule has 2 heterocycles. The number of fused-ring (bicyclic) bond motifs is 2. The molecule has 0 amide bonds. The van der Waals surface area contributed by atoms with Gasteiger partial charge in [-0.2, -0.15) is 0 Å². The van der Waals surface area contributed by atoms with Gasteiger partial charge in [-0.15, -0.1) is 0 Å². The number of halogens is 1. The number of aromatic amines is 1. The van der Waals surface area contributed by atoms with E-state index in [9.17, 15) is 9.90 Å². The van der Waals surface area contributed by atoms with Crippen LogP contribution in [0.2, 0.25) is 5.02 Å². The third kappa shape index (κ3) is 4.15. The summed E-state index contributed by atoms with van der Waals surface area (Å²) in [7, 11) is 0. The summed E-state index contributed by atoms with van der Waals surface area (Å²) in [5.74, 6) is -0.997. The summed E-state index contributed by atoms with van der Waals surface area (Å²) in [5.41, 5.74) is 5.56. The molecule has 0 unspecified atom stereocenters. The van der Waals surface area contributed by atoms with Gasteiger partial charge >= 0.3 is 5.97 Å². The first-order valence-corrected chi connectivity index (χ1v) is 11.6. The van der Waals surface area contributed by atoms with Gasteiger partial charge in [-0.25, -0.2) is 9.78 Å². The topological polar surface area (TPSA) is 70.9 Å². The van der Waals surface area contributed by atoms with Gasteiger partial charge in [0.2, 0.25) is 0 Å². The Morgan fingerprint density at radius 2 is 1.82 bits per heavy atom. The number of carbonyl (C=O) groups is 1. The maximum atomic E-state index is 12.2. The van der Waals surface area contributed by atoms with Crippen molar-refractivity contribution in [3.05, 3.63) is 99.5 Å². The molecule has 0 fully saturated rings. The van der Waals surface area contributed by atoms with Gasteiger partial charge in [-0.05, 0) is 54.6 Å². The fraction of sp³-hybridized carbons (Fsp3) is 0.0769. The zero-order valence-corrected chi connectivity index (χ0v) is 19.3. The lowest BCUT2D eigenvalue weighted by molar-refractivity contribution is -0.131. The van der Waals surface area contributed by atoms with Crippen molar-refractivity contribution in [3.8, 4) is 0 Å². The molecule has 0 saturated heterocycles. The fourth-order valence-corrected chi connectivity index (χ4v) is 4.96. The number of hydrogen-bond acceptors (Lipinski definition) is 3. The van der Waals surface area contributed by atoms with Crippen molar-refractivity contribution in [1.82, 2.24) is 14.5 Å². The van der Waals surface area contributed by atoms with Gasteiger partial charge in [0.05, 0.1) is 11.0 Å². The van der Waals surface area contributed by atoms with Crippen molar-refractivity contribution in [2.45, 2.75) is 18.6 Å². The molecule has 7 heteroatoms. The van der Waals surface area contributed by atoms with E-state index in [1.54, 1.807) is 6.08 Å². The summed E-state index contributed by atoms with van der Waals surface area (Å²) in [5, 5.41) is 12.2. The summed E-state index contributed by atoms with van der Waals surface area (Å²) in [4.78, 5) is 20.1. The molecule has 3 aromatic carbocycles. The number of aliphatic carboxylic acids is 1. The Labute approximate surface area is 199 Å². The second-order valence-electron chi connectivity index (χ2n) is 7.67. The molecule has 2 N–H and O–H groups in total.